The second-order valence-electron chi connectivity index (χ2n) is 11.0. The Hall–Kier alpha value is -4.16. The van der Waals surface area contributed by atoms with E-state index in [1.54, 1.807) is 0 Å². The van der Waals surface area contributed by atoms with Gasteiger partial charge in [0.1, 0.15) is 0 Å². The zero-order valence-electron chi connectivity index (χ0n) is 23.2. The molecule has 0 N–H and O–H groups in total. The van der Waals surface area contributed by atoms with Crippen LogP contribution in [0.1, 0.15) is 33.4 Å². The first-order chi connectivity index (χ1) is 18.3. The van der Waals surface area contributed by atoms with Crippen molar-refractivity contribution in [1.82, 2.24) is 0 Å². The normalized spacial score (nSPS) is 11.4. The molecule has 186 valence electrons. The fraction of sp³-hybridized carbons (Fsp3) is 0.158. The van der Waals surface area contributed by atoms with Crippen molar-refractivity contribution in [2.45, 2.75) is 41.5 Å². The number of rotatable bonds is 3. The Labute approximate surface area is 226 Å². The molecule has 0 radical (unpaired) electrons. The molecule has 0 spiro atoms. The highest BCUT2D eigenvalue weighted by molar-refractivity contribution is 6.14. The number of hydrogen-bond donors (Lipinski definition) is 0. The molecule has 0 aliphatic rings. The summed E-state index contributed by atoms with van der Waals surface area (Å²) in [5.41, 5.74) is 15.7. The molecular formula is C38H34. The van der Waals surface area contributed by atoms with Crippen LogP contribution >= 0.6 is 0 Å². The molecule has 0 fully saturated rings. The topological polar surface area (TPSA) is 0 Å². The van der Waals surface area contributed by atoms with Gasteiger partial charge in [-0.1, -0.05) is 90.0 Å². The van der Waals surface area contributed by atoms with Crippen molar-refractivity contribution in [1.29, 1.82) is 0 Å². The summed E-state index contributed by atoms with van der Waals surface area (Å²) in [6.45, 7) is 13.2. The van der Waals surface area contributed by atoms with Gasteiger partial charge in [0.25, 0.3) is 0 Å². The second-order valence-corrected chi connectivity index (χ2v) is 11.0. The minimum absolute atomic E-state index is 1.28. The Morgan fingerprint density at radius 2 is 0.763 bits per heavy atom. The molecule has 0 nitrogen and oxygen atoms in total. The van der Waals surface area contributed by atoms with E-state index < -0.39 is 0 Å². The number of aryl methyl sites for hydroxylation is 6. The van der Waals surface area contributed by atoms with E-state index in [1.807, 2.05) is 0 Å². The molecule has 0 heteroatoms. The van der Waals surface area contributed by atoms with Crippen molar-refractivity contribution >= 4 is 21.5 Å². The van der Waals surface area contributed by atoms with Crippen LogP contribution in [0.3, 0.4) is 0 Å². The highest BCUT2D eigenvalue weighted by atomic mass is 14.2. The van der Waals surface area contributed by atoms with Crippen LogP contribution in [0, 0.1) is 41.5 Å². The van der Waals surface area contributed by atoms with Crippen LogP contribution < -0.4 is 0 Å². The quantitative estimate of drug-likeness (QED) is 0.216. The van der Waals surface area contributed by atoms with E-state index in [4.69, 9.17) is 0 Å². The standard InChI is InChI=1S/C38H34/c1-23-17-24(2)19-33(18-23)38-34-15-13-29(36-25(3)9-7-10-26(36)4)20-31(34)22-32-21-30(14-16-35(32)38)37-27(5)11-8-12-28(37)6/h7-22H,1-6H3. The van der Waals surface area contributed by atoms with Crippen LogP contribution in [0.25, 0.3) is 54.9 Å². The summed E-state index contributed by atoms with van der Waals surface area (Å²) in [4.78, 5) is 0. The van der Waals surface area contributed by atoms with Crippen LogP contribution in [-0.2, 0) is 0 Å². The van der Waals surface area contributed by atoms with Gasteiger partial charge in [-0.3, -0.25) is 0 Å². The van der Waals surface area contributed by atoms with Crippen LogP contribution in [0.5, 0.6) is 0 Å². The van der Waals surface area contributed by atoms with Gasteiger partial charge in [0.05, 0.1) is 0 Å². The molecule has 6 rings (SSSR count). The number of benzene rings is 6. The lowest BCUT2D eigenvalue weighted by Gasteiger charge is -2.17. The maximum absolute atomic E-state index is 2.39. The molecule has 0 bridgehead atoms. The van der Waals surface area contributed by atoms with Gasteiger partial charge in [-0.2, -0.15) is 0 Å². The minimum atomic E-state index is 1.28. The van der Waals surface area contributed by atoms with Gasteiger partial charge in [0.2, 0.25) is 0 Å². The Morgan fingerprint density at radius 1 is 0.342 bits per heavy atom. The van der Waals surface area contributed by atoms with E-state index in [0.29, 0.717) is 0 Å². The smallest absolute Gasteiger partial charge is 0.00266 e. The fourth-order valence-electron chi connectivity index (χ4n) is 6.41. The molecule has 6 aromatic carbocycles. The first-order valence-electron chi connectivity index (χ1n) is 13.5. The summed E-state index contributed by atoms with van der Waals surface area (Å²) in [5, 5.41) is 5.17. The van der Waals surface area contributed by atoms with Crippen LogP contribution in [0.2, 0.25) is 0 Å². The molecule has 0 saturated carbocycles. The third-order valence-electron chi connectivity index (χ3n) is 8.00. The van der Waals surface area contributed by atoms with Gasteiger partial charge in [0.15, 0.2) is 0 Å². The van der Waals surface area contributed by atoms with Crippen molar-refractivity contribution in [3.05, 3.63) is 130 Å². The Balaban J connectivity index is 1.69. The Bertz CT molecular complexity index is 1700. The van der Waals surface area contributed by atoms with Crippen LogP contribution in [0.4, 0.5) is 0 Å². The molecule has 0 amide bonds. The lowest BCUT2D eigenvalue weighted by atomic mass is 9.86. The molecule has 0 heterocycles. The van der Waals surface area contributed by atoms with Crippen LogP contribution in [0.15, 0.2) is 97.1 Å². The first kappa shape index (κ1) is 24.2. The predicted molar refractivity (Wildman–Crippen MR) is 166 cm³/mol. The van der Waals surface area contributed by atoms with E-state index >= 15 is 0 Å². The molecule has 0 atom stereocenters. The van der Waals surface area contributed by atoms with Crippen molar-refractivity contribution in [3.63, 3.8) is 0 Å². The first-order valence-corrected chi connectivity index (χ1v) is 13.5. The van der Waals surface area contributed by atoms with Crippen molar-refractivity contribution in [3.8, 4) is 33.4 Å². The molecule has 6 aromatic rings. The maximum atomic E-state index is 2.39. The largest absolute Gasteiger partial charge is 0.0617 e. The van der Waals surface area contributed by atoms with Crippen LogP contribution in [-0.4, -0.2) is 0 Å². The summed E-state index contributed by atoms with van der Waals surface area (Å²) >= 11 is 0. The molecule has 38 heavy (non-hydrogen) atoms. The lowest BCUT2D eigenvalue weighted by Crippen LogP contribution is -1.92. The van der Waals surface area contributed by atoms with Gasteiger partial charge >= 0.3 is 0 Å². The van der Waals surface area contributed by atoms with Crippen molar-refractivity contribution < 1.29 is 0 Å². The van der Waals surface area contributed by atoms with Crippen molar-refractivity contribution in [2.75, 3.05) is 0 Å². The van der Waals surface area contributed by atoms with E-state index in [9.17, 15) is 0 Å². The SMILES string of the molecule is Cc1cc(C)cc(-c2c3ccc(-c4c(C)cccc4C)cc3cc3cc(-c4c(C)cccc4C)ccc23)c1. The Kier molecular flexibility index (Phi) is 5.92. The van der Waals surface area contributed by atoms with Gasteiger partial charge in [0, 0.05) is 0 Å². The maximum Gasteiger partial charge on any atom is -0.00266 e. The molecule has 0 saturated heterocycles. The lowest BCUT2D eigenvalue weighted by molar-refractivity contribution is 1.38. The summed E-state index contributed by atoms with van der Waals surface area (Å²) in [6, 6.07) is 36.5. The predicted octanol–water partition coefficient (Wildman–Crippen LogP) is 10.8. The Morgan fingerprint density at radius 3 is 1.18 bits per heavy atom. The molecule has 0 unspecified atom stereocenters. The van der Waals surface area contributed by atoms with Crippen molar-refractivity contribution in [2.24, 2.45) is 0 Å². The average molecular weight is 491 g/mol. The number of hydrogen-bond acceptors (Lipinski definition) is 0. The number of fused-ring (bicyclic) bond motifs is 2. The molecule has 0 aromatic heterocycles. The highest BCUT2D eigenvalue weighted by Gasteiger charge is 2.15. The summed E-state index contributed by atoms with van der Waals surface area (Å²) < 4.78 is 0. The van der Waals surface area contributed by atoms with Gasteiger partial charge in [-0.05, 0) is 137 Å². The van der Waals surface area contributed by atoms with Gasteiger partial charge in [-0.25, -0.2) is 0 Å². The third kappa shape index (κ3) is 4.11. The molecule has 0 aliphatic heterocycles. The fourth-order valence-corrected chi connectivity index (χ4v) is 6.41. The second kappa shape index (κ2) is 9.30. The highest BCUT2D eigenvalue weighted by Crippen LogP contribution is 2.41. The minimum Gasteiger partial charge on any atom is -0.0617 e. The monoisotopic (exact) mass is 490 g/mol. The van der Waals surface area contributed by atoms with Gasteiger partial charge in [-0.15, -0.1) is 0 Å². The van der Waals surface area contributed by atoms with E-state index in [2.05, 4.69) is 139 Å². The summed E-state index contributed by atoms with van der Waals surface area (Å²) in [5.74, 6) is 0. The molecular weight excluding hydrogens is 456 g/mol. The van der Waals surface area contributed by atoms with E-state index in [0.717, 1.165) is 0 Å². The third-order valence-corrected chi connectivity index (χ3v) is 8.00. The van der Waals surface area contributed by atoms with Gasteiger partial charge < -0.3 is 0 Å². The zero-order chi connectivity index (χ0) is 26.6. The average Bonchev–Trinajstić information content (AvgIpc) is 2.86. The zero-order valence-corrected chi connectivity index (χ0v) is 23.2. The summed E-state index contributed by atoms with van der Waals surface area (Å²) in [7, 11) is 0. The summed E-state index contributed by atoms with van der Waals surface area (Å²) in [6.07, 6.45) is 0. The van der Waals surface area contributed by atoms with E-state index in [1.165, 1.54) is 88.3 Å². The molecule has 0 aliphatic carbocycles. The van der Waals surface area contributed by atoms with E-state index in [-0.39, 0.29) is 0 Å².